The van der Waals surface area contributed by atoms with Gasteiger partial charge in [-0.1, -0.05) is 17.3 Å². The minimum absolute atomic E-state index is 0.166. The van der Waals surface area contributed by atoms with Gasteiger partial charge in [-0.3, -0.25) is 9.09 Å². The second kappa shape index (κ2) is 6.53. The maximum absolute atomic E-state index is 11.7. The molecule has 0 fully saturated rings. The minimum atomic E-state index is -0.621. The number of ether oxygens (including phenoxy) is 1. The number of nitrogens with zero attached hydrogens (tertiary/aromatic N) is 5. The zero-order valence-electron chi connectivity index (χ0n) is 11.9. The Morgan fingerprint density at radius 2 is 2.00 bits per heavy atom. The van der Waals surface area contributed by atoms with Gasteiger partial charge in [-0.25, -0.2) is 14.8 Å². The Balaban J connectivity index is 1.76. The van der Waals surface area contributed by atoms with Gasteiger partial charge in [0.05, 0.1) is 12.1 Å². The first kappa shape index (κ1) is 14.5. The summed E-state index contributed by atoms with van der Waals surface area (Å²) in [5, 5.41) is 12.7. The van der Waals surface area contributed by atoms with Crippen LogP contribution in [0.4, 0.5) is 0 Å². The Morgan fingerprint density at radius 3 is 2.78 bits per heavy atom. The Kier molecular flexibility index (Phi) is 4.11. The fourth-order valence-corrected chi connectivity index (χ4v) is 1.97. The molecule has 0 atom stereocenters. The predicted molar refractivity (Wildman–Crippen MR) is 78.4 cm³/mol. The molecule has 0 aliphatic heterocycles. The molecule has 0 bridgehead atoms. The monoisotopic (exact) mass is 309 g/mol. The van der Waals surface area contributed by atoms with Crippen molar-refractivity contribution < 1.29 is 9.26 Å². The third-order valence-electron chi connectivity index (χ3n) is 3.03. The molecule has 2 aromatic heterocycles. The van der Waals surface area contributed by atoms with Gasteiger partial charge in [0.25, 0.3) is 0 Å². The van der Waals surface area contributed by atoms with Crippen molar-refractivity contribution in [3.63, 3.8) is 0 Å². The second-order valence-electron chi connectivity index (χ2n) is 4.45. The van der Waals surface area contributed by atoms with Crippen LogP contribution in [0.2, 0.25) is 0 Å². The molecular formula is C15H11N5O3. The van der Waals surface area contributed by atoms with Crippen LogP contribution in [-0.2, 0) is 6.54 Å². The molecule has 2 heterocycles. The summed E-state index contributed by atoms with van der Waals surface area (Å²) in [7, 11) is 0. The molecule has 1 aromatic carbocycles. The van der Waals surface area contributed by atoms with Crippen molar-refractivity contribution in [1.29, 1.82) is 5.26 Å². The fourth-order valence-electron chi connectivity index (χ4n) is 1.97. The van der Waals surface area contributed by atoms with Gasteiger partial charge in [0, 0.05) is 12.4 Å². The number of benzene rings is 1. The highest BCUT2D eigenvalue weighted by atomic mass is 16.5. The smallest absolute Gasteiger partial charge is 0.442 e. The molecule has 0 amide bonds. The van der Waals surface area contributed by atoms with Crippen LogP contribution in [0.5, 0.6) is 5.75 Å². The van der Waals surface area contributed by atoms with Crippen LogP contribution in [-0.4, -0.2) is 26.3 Å². The topological polar surface area (TPSA) is 107 Å². The molecule has 3 aromatic rings. The van der Waals surface area contributed by atoms with Gasteiger partial charge in [0.1, 0.15) is 18.4 Å². The molecule has 0 spiro atoms. The molecule has 0 aliphatic carbocycles. The molecule has 23 heavy (non-hydrogen) atoms. The van der Waals surface area contributed by atoms with Crippen LogP contribution in [0.15, 0.2) is 52.0 Å². The second-order valence-corrected chi connectivity index (χ2v) is 4.45. The Labute approximate surface area is 130 Å². The Bertz CT molecular complexity index is 895. The molecule has 0 saturated heterocycles. The summed E-state index contributed by atoms with van der Waals surface area (Å²) in [6.45, 7) is 0.356. The number of rotatable bonds is 5. The third-order valence-corrected chi connectivity index (χ3v) is 3.03. The molecule has 0 saturated carbocycles. The van der Waals surface area contributed by atoms with E-state index in [2.05, 4.69) is 19.6 Å². The van der Waals surface area contributed by atoms with Crippen LogP contribution in [0.25, 0.3) is 11.6 Å². The van der Waals surface area contributed by atoms with Gasteiger partial charge in [-0.15, -0.1) is 0 Å². The van der Waals surface area contributed by atoms with E-state index in [9.17, 15) is 4.79 Å². The number of para-hydroxylation sites is 1. The van der Waals surface area contributed by atoms with E-state index < -0.39 is 5.76 Å². The van der Waals surface area contributed by atoms with Gasteiger partial charge >= 0.3 is 5.76 Å². The summed E-state index contributed by atoms with van der Waals surface area (Å²) < 4.78 is 11.5. The van der Waals surface area contributed by atoms with E-state index >= 15 is 0 Å². The minimum Gasteiger partial charge on any atom is -0.490 e. The summed E-state index contributed by atoms with van der Waals surface area (Å²) in [6, 6.07) is 10.6. The average molecular weight is 309 g/mol. The Hall–Kier alpha value is -3.47. The van der Waals surface area contributed by atoms with Crippen molar-refractivity contribution in [2.45, 2.75) is 6.54 Å². The predicted octanol–water partition coefficient (Wildman–Crippen LogP) is 1.24. The Morgan fingerprint density at radius 1 is 1.22 bits per heavy atom. The van der Waals surface area contributed by atoms with Crippen molar-refractivity contribution in [2.24, 2.45) is 0 Å². The maximum atomic E-state index is 11.7. The molecule has 0 aliphatic rings. The molecule has 0 radical (unpaired) electrons. The lowest BCUT2D eigenvalue weighted by Crippen LogP contribution is -2.20. The standard InChI is InChI=1S/C15H11N5O3/c16-10-11-4-1-2-5-12(11)22-9-8-20-14(19-23-15(20)21)13-17-6-3-7-18-13/h1-7H,8-9H2. The van der Waals surface area contributed by atoms with E-state index in [1.165, 1.54) is 4.57 Å². The lowest BCUT2D eigenvalue weighted by atomic mass is 10.2. The van der Waals surface area contributed by atoms with Crippen molar-refractivity contribution in [3.05, 3.63) is 58.8 Å². The normalized spacial score (nSPS) is 10.2. The van der Waals surface area contributed by atoms with E-state index in [1.807, 2.05) is 6.07 Å². The van der Waals surface area contributed by atoms with Gasteiger partial charge in [0.2, 0.25) is 5.82 Å². The largest absolute Gasteiger partial charge is 0.490 e. The maximum Gasteiger partial charge on any atom is 0.442 e. The summed E-state index contributed by atoms with van der Waals surface area (Å²) in [4.78, 5) is 19.8. The van der Waals surface area contributed by atoms with E-state index in [1.54, 1.807) is 42.7 Å². The molecule has 114 valence electrons. The van der Waals surface area contributed by atoms with E-state index in [0.29, 0.717) is 11.3 Å². The quantitative estimate of drug-likeness (QED) is 0.697. The number of nitriles is 1. The van der Waals surface area contributed by atoms with Crippen LogP contribution in [0.1, 0.15) is 5.56 Å². The number of hydrogen-bond acceptors (Lipinski definition) is 7. The molecule has 8 nitrogen and oxygen atoms in total. The lowest BCUT2D eigenvalue weighted by Gasteiger charge is -2.08. The third kappa shape index (κ3) is 3.08. The zero-order chi connectivity index (χ0) is 16.1. The van der Waals surface area contributed by atoms with Gasteiger partial charge < -0.3 is 4.74 Å². The molecule has 8 heteroatoms. The summed E-state index contributed by atoms with van der Waals surface area (Å²) in [6.07, 6.45) is 3.09. The molecule has 0 N–H and O–H groups in total. The van der Waals surface area contributed by atoms with Crippen molar-refractivity contribution in [2.75, 3.05) is 6.61 Å². The highest BCUT2D eigenvalue weighted by Crippen LogP contribution is 2.16. The number of aromatic nitrogens is 4. The van der Waals surface area contributed by atoms with E-state index in [0.717, 1.165) is 0 Å². The molecule has 0 unspecified atom stereocenters. The average Bonchev–Trinajstić information content (AvgIpc) is 2.97. The summed E-state index contributed by atoms with van der Waals surface area (Å²) in [5.74, 6) is 0.352. The van der Waals surface area contributed by atoms with Crippen molar-refractivity contribution in [3.8, 4) is 23.5 Å². The van der Waals surface area contributed by atoms with Gasteiger partial charge in [-0.2, -0.15) is 5.26 Å². The van der Waals surface area contributed by atoms with Crippen molar-refractivity contribution in [1.82, 2.24) is 19.7 Å². The molecule has 3 rings (SSSR count). The number of hydrogen-bond donors (Lipinski definition) is 0. The first-order valence-electron chi connectivity index (χ1n) is 6.75. The summed E-state index contributed by atoms with van der Waals surface area (Å²) >= 11 is 0. The zero-order valence-corrected chi connectivity index (χ0v) is 11.9. The lowest BCUT2D eigenvalue weighted by molar-refractivity contribution is 0.289. The van der Waals surface area contributed by atoms with Gasteiger partial charge in [-0.05, 0) is 18.2 Å². The highest BCUT2D eigenvalue weighted by molar-refractivity contribution is 5.43. The van der Waals surface area contributed by atoms with Crippen LogP contribution in [0.3, 0.4) is 0 Å². The van der Waals surface area contributed by atoms with E-state index in [-0.39, 0.29) is 24.8 Å². The summed E-state index contributed by atoms with van der Waals surface area (Å²) in [5.41, 5.74) is 0.428. The molecular weight excluding hydrogens is 298 g/mol. The van der Waals surface area contributed by atoms with E-state index in [4.69, 9.17) is 10.00 Å². The van der Waals surface area contributed by atoms with Crippen LogP contribution < -0.4 is 10.5 Å². The van der Waals surface area contributed by atoms with Gasteiger partial charge in [0.15, 0.2) is 5.82 Å². The first-order valence-corrected chi connectivity index (χ1v) is 6.75. The van der Waals surface area contributed by atoms with Crippen molar-refractivity contribution >= 4 is 0 Å². The van der Waals surface area contributed by atoms with Crippen LogP contribution in [0, 0.1) is 11.3 Å². The highest BCUT2D eigenvalue weighted by Gasteiger charge is 2.15. The van der Waals surface area contributed by atoms with Crippen LogP contribution >= 0.6 is 0 Å². The SMILES string of the molecule is N#Cc1ccccc1OCCn1c(-c2ncccn2)noc1=O. The fraction of sp³-hybridized carbons (Fsp3) is 0.133. The first-order chi connectivity index (χ1) is 11.3.